The average Bonchev–Trinajstić information content (AvgIpc) is 2.36. The number of carboxylic acid groups (broad SMARTS) is 1. The number of hydrogen-bond donors (Lipinski definition) is 2. The number of anilines is 1. The number of carbonyl (C=O) groups excluding carboxylic acids is 1. The second-order valence-electron chi connectivity index (χ2n) is 3.53. The molecule has 2 N–H and O–H groups in total. The highest BCUT2D eigenvalue weighted by atomic mass is 32.2. The standard InChI is InChI=1S/C13H15NO4S/c1-2-7-18-13(17)14-10-4-3-5-11(9-10)19-8-6-12(15)16/h2-5,9H,1,6-8H2,(H,14,17)(H,15,16). The number of thioether (sulfide) groups is 1. The van der Waals surface area contributed by atoms with Crippen LogP contribution >= 0.6 is 11.8 Å². The van der Waals surface area contributed by atoms with E-state index in [1.807, 2.05) is 6.07 Å². The molecule has 0 saturated carbocycles. The van der Waals surface area contributed by atoms with Gasteiger partial charge in [-0.05, 0) is 18.2 Å². The minimum Gasteiger partial charge on any atom is -0.481 e. The molecule has 0 fully saturated rings. The quantitative estimate of drug-likeness (QED) is 0.593. The third-order valence-corrected chi connectivity index (χ3v) is 2.99. The number of benzene rings is 1. The molecule has 0 spiro atoms. The van der Waals surface area contributed by atoms with Crippen molar-refractivity contribution in [2.75, 3.05) is 17.7 Å². The summed E-state index contributed by atoms with van der Waals surface area (Å²) in [6.45, 7) is 3.60. The van der Waals surface area contributed by atoms with Crippen LogP contribution < -0.4 is 5.32 Å². The smallest absolute Gasteiger partial charge is 0.411 e. The highest BCUT2D eigenvalue weighted by Crippen LogP contribution is 2.22. The Morgan fingerprint density at radius 2 is 2.26 bits per heavy atom. The van der Waals surface area contributed by atoms with Gasteiger partial charge in [-0.2, -0.15) is 0 Å². The van der Waals surface area contributed by atoms with E-state index in [1.54, 1.807) is 18.2 Å². The molecular formula is C13H15NO4S. The predicted molar refractivity (Wildman–Crippen MR) is 74.6 cm³/mol. The van der Waals surface area contributed by atoms with Crippen LogP contribution in [0.5, 0.6) is 0 Å². The largest absolute Gasteiger partial charge is 0.481 e. The second-order valence-corrected chi connectivity index (χ2v) is 4.70. The van der Waals surface area contributed by atoms with Crippen molar-refractivity contribution in [3.05, 3.63) is 36.9 Å². The monoisotopic (exact) mass is 281 g/mol. The minimum atomic E-state index is -0.824. The molecule has 5 nitrogen and oxygen atoms in total. The van der Waals surface area contributed by atoms with Crippen LogP contribution in [0, 0.1) is 0 Å². The lowest BCUT2D eigenvalue weighted by Gasteiger charge is -2.07. The Bertz CT molecular complexity index is 462. The first-order valence-electron chi connectivity index (χ1n) is 5.61. The van der Waals surface area contributed by atoms with Crippen LogP contribution in [0.4, 0.5) is 10.5 Å². The molecule has 0 aliphatic rings. The van der Waals surface area contributed by atoms with Crippen molar-refractivity contribution in [3.8, 4) is 0 Å². The third kappa shape index (κ3) is 6.52. The molecule has 102 valence electrons. The summed E-state index contributed by atoms with van der Waals surface area (Å²) in [5.74, 6) is -0.338. The fourth-order valence-electron chi connectivity index (χ4n) is 1.21. The zero-order valence-electron chi connectivity index (χ0n) is 10.3. The number of aliphatic carboxylic acids is 1. The molecule has 0 unspecified atom stereocenters. The maximum atomic E-state index is 11.3. The van der Waals surface area contributed by atoms with Crippen LogP contribution in [0.15, 0.2) is 41.8 Å². The molecule has 0 heterocycles. The van der Waals surface area contributed by atoms with Crippen molar-refractivity contribution < 1.29 is 19.4 Å². The lowest BCUT2D eigenvalue weighted by Crippen LogP contribution is -2.13. The zero-order chi connectivity index (χ0) is 14.1. The van der Waals surface area contributed by atoms with E-state index in [0.717, 1.165) is 4.90 Å². The van der Waals surface area contributed by atoms with E-state index in [4.69, 9.17) is 9.84 Å². The van der Waals surface area contributed by atoms with Gasteiger partial charge >= 0.3 is 12.1 Å². The highest BCUT2D eigenvalue weighted by Gasteiger charge is 2.04. The van der Waals surface area contributed by atoms with Gasteiger partial charge in [-0.1, -0.05) is 18.7 Å². The number of rotatable bonds is 7. The Morgan fingerprint density at radius 1 is 1.47 bits per heavy atom. The molecule has 0 radical (unpaired) electrons. The van der Waals surface area contributed by atoms with Gasteiger partial charge in [0, 0.05) is 16.3 Å². The highest BCUT2D eigenvalue weighted by molar-refractivity contribution is 7.99. The molecule has 0 atom stereocenters. The van der Waals surface area contributed by atoms with Gasteiger partial charge in [0.05, 0.1) is 6.42 Å². The van der Waals surface area contributed by atoms with E-state index in [-0.39, 0.29) is 13.0 Å². The van der Waals surface area contributed by atoms with Crippen molar-refractivity contribution in [1.82, 2.24) is 0 Å². The van der Waals surface area contributed by atoms with E-state index in [0.29, 0.717) is 11.4 Å². The summed E-state index contributed by atoms with van der Waals surface area (Å²) in [7, 11) is 0. The topological polar surface area (TPSA) is 75.6 Å². The SMILES string of the molecule is C=CCOC(=O)Nc1cccc(SCCC(=O)O)c1. The fourth-order valence-corrected chi connectivity index (χ4v) is 2.11. The molecule has 1 amide bonds. The molecule has 1 aromatic rings. The summed E-state index contributed by atoms with van der Waals surface area (Å²) in [6.07, 6.45) is 1.04. The summed E-state index contributed by atoms with van der Waals surface area (Å²) in [5.41, 5.74) is 0.606. The van der Waals surface area contributed by atoms with Crippen molar-refractivity contribution in [1.29, 1.82) is 0 Å². The summed E-state index contributed by atoms with van der Waals surface area (Å²) in [6, 6.07) is 7.14. The van der Waals surface area contributed by atoms with E-state index < -0.39 is 12.1 Å². The Labute approximate surface area is 115 Å². The Morgan fingerprint density at radius 3 is 2.95 bits per heavy atom. The number of nitrogens with one attached hydrogen (secondary N) is 1. The summed E-state index contributed by atoms with van der Waals surface area (Å²) >= 11 is 1.42. The molecule has 0 aliphatic heterocycles. The fraction of sp³-hybridized carbons (Fsp3) is 0.231. The summed E-state index contributed by atoms with van der Waals surface area (Å²) < 4.78 is 4.79. The predicted octanol–water partition coefficient (Wildman–Crippen LogP) is 2.99. The number of carbonyl (C=O) groups is 2. The molecule has 1 rings (SSSR count). The second kappa shape index (κ2) is 8.20. The Hall–Kier alpha value is -1.95. The van der Waals surface area contributed by atoms with Gasteiger partial charge in [-0.3, -0.25) is 10.1 Å². The van der Waals surface area contributed by atoms with Crippen molar-refractivity contribution in [2.45, 2.75) is 11.3 Å². The lowest BCUT2D eigenvalue weighted by molar-refractivity contribution is -0.136. The van der Waals surface area contributed by atoms with E-state index >= 15 is 0 Å². The molecule has 0 aromatic heterocycles. The van der Waals surface area contributed by atoms with Gasteiger partial charge < -0.3 is 9.84 Å². The van der Waals surface area contributed by atoms with Crippen LogP contribution in [-0.4, -0.2) is 29.5 Å². The van der Waals surface area contributed by atoms with E-state index in [2.05, 4.69) is 11.9 Å². The molecule has 1 aromatic carbocycles. The van der Waals surface area contributed by atoms with Crippen molar-refractivity contribution in [3.63, 3.8) is 0 Å². The summed E-state index contributed by atoms with van der Waals surface area (Å²) in [5, 5.41) is 11.1. The molecule has 0 saturated heterocycles. The number of ether oxygens (including phenoxy) is 1. The lowest BCUT2D eigenvalue weighted by atomic mass is 10.3. The number of carboxylic acids is 1. The van der Waals surface area contributed by atoms with Crippen LogP contribution in [0.25, 0.3) is 0 Å². The van der Waals surface area contributed by atoms with Crippen LogP contribution in [0.2, 0.25) is 0 Å². The number of hydrogen-bond acceptors (Lipinski definition) is 4. The summed E-state index contributed by atoms with van der Waals surface area (Å²) in [4.78, 5) is 22.6. The molecular weight excluding hydrogens is 266 g/mol. The molecule has 6 heteroatoms. The zero-order valence-corrected chi connectivity index (χ0v) is 11.1. The Kier molecular flexibility index (Phi) is 6.52. The normalized spacial score (nSPS) is 9.68. The molecule has 19 heavy (non-hydrogen) atoms. The first-order valence-corrected chi connectivity index (χ1v) is 6.59. The van der Waals surface area contributed by atoms with E-state index in [9.17, 15) is 9.59 Å². The molecule has 0 bridgehead atoms. The van der Waals surface area contributed by atoms with Gasteiger partial charge in [0.25, 0.3) is 0 Å². The van der Waals surface area contributed by atoms with Crippen LogP contribution in [-0.2, 0) is 9.53 Å². The maximum absolute atomic E-state index is 11.3. The van der Waals surface area contributed by atoms with Gasteiger partial charge in [0.2, 0.25) is 0 Å². The first-order chi connectivity index (χ1) is 9.11. The maximum Gasteiger partial charge on any atom is 0.411 e. The van der Waals surface area contributed by atoms with Gasteiger partial charge in [0.1, 0.15) is 6.61 Å². The van der Waals surface area contributed by atoms with Crippen molar-refractivity contribution in [2.24, 2.45) is 0 Å². The first kappa shape index (κ1) is 15.1. The van der Waals surface area contributed by atoms with Crippen LogP contribution in [0.1, 0.15) is 6.42 Å². The number of amides is 1. The molecule has 0 aliphatic carbocycles. The van der Waals surface area contributed by atoms with Crippen LogP contribution in [0.3, 0.4) is 0 Å². The third-order valence-electron chi connectivity index (χ3n) is 2.00. The van der Waals surface area contributed by atoms with Gasteiger partial charge in [0.15, 0.2) is 0 Å². The average molecular weight is 281 g/mol. The Balaban J connectivity index is 2.49. The van der Waals surface area contributed by atoms with Crippen molar-refractivity contribution >= 4 is 29.5 Å². The van der Waals surface area contributed by atoms with Gasteiger partial charge in [-0.25, -0.2) is 4.79 Å². The van der Waals surface area contributed by atoms with E-state index in [1.165, 1.54) is 17.8 Å². The minimum absolute atomic E-state index is 0.101. The van der Waals surface area contributed by atoms with Gasteiger partial charge in [-0.15, -0.1) is 11.8 Å².